The zero-order chi connectivity index (χ0) is 23.1. The van der Waals surface area contributed by atoms with Crippen LogP contribution < -0.4 is 32.7 Å². The van der Waals surface area contributed by atoms with E-state index in [2.05, 4.69) is 21.3 Å². The van der Waals surface area contributed by atoms with Crippen molar-refractivity contribution in [3.63, 3.8) is 0 Å². The first kappa shape index (κ1) is 22.7. The highest BCUT2D eigenvalue weighted by atomic mass is 32.1. The Kier molecular flexibility index (Phi) is 7.32. The van der Waals surface area contributed by atoms with Crippen molar-refractivity contribution in [3.05, 3.63) is 83.9 Å². The Morgan fingerprint density at radius 2 is 1.03 bits per heavy atom. The Morgan fingerprint density at radius 3 is 1.44 bits per heavy atom. The van der Waals surface area contributed by atoms with E-state index in [9.17, 15) is 9.59 Å². The van der Waals surface area contributed by atoms with Crippen LogP contribution in [0.15, 0.2) is 72.8 Å². The van der Waals surface area contributed by atoms with Crippen molar-refractivity contribution >= 4 is 69.2 Å². The molecule has 0 aromatic heterocycles. The van der Waals surface area contributed by atoms with Gasteiger partial charge < -0.3 is 22.1 Å². The third-order valence-corrected chi connectivity index (χ3v) is 4.54. The molecule has 32 heavy (non-hydrogen) atoms. The molecule has 162 valence electrons. The summed E-state index contributed by atoms with van der Waals surface area (Å²) in [6.45, 7) is 0. The highest BCUT2D eigenvalue weighted by Gasteiger charge is 2.13. The van der Waals surface area contributed by atoms with E-state index in [0.717, 1.165) is 0 Å². The zero-order valence-corrected chi connectivity index (χ0v) is 18.3. The van der Waals surface area contributed by atoms with Gasteiger partial charge in [0, 0.05) is 33.9 Å². The summed E-state index contributed by atoms with van der Waals surface area (Å²) in [7, 11) is 0. The topological polar surface area (TPSA) is 134 Å². The van der Waals surface area contributed by atoms with Crippen LogP contribution in [-0.4, -0.2) is 22.0 Å². The smallest absolute Gasteiger partial charge is 0.257 e. The highest BCUT2D eigenvalue weighted by molar-refractivity contribution is 7.80. The lowest BCUT2D eigenvalue weighted by atomic mass is 10.1. The molecule has 0 aliphatic carbocycles. The molecule has 0 aliphatic rings. The van der Waals surface area contributed by atoms with Crippen molar-refractivity contribution in [2.45, 2.75) is 0 Å². The van der Waals surface area contributed by atoms with Crippen molar-refractivity contribution in [1.29, 1.82) is 0 Å². The second kappa shape index (κ2) is 10.3. The summed E-state index contributed by atoms with van der Waals surface area (Å²) >= 11 is 10.3. The van der Waals surface area contributed by atoms with Crippen LogP contribution in [0, 0.1) is 0 Å². The zero-order valence-electron chi connectivity index (χ0n) is 16.7. The van der Waals surface area contributed by atoms with Gasteiger partial charge in [-0.05, 0) is 79.0 Å². The van der Waals surface area contributed by atoms with Crippen LogP contribution in [0.4, 0.5) is 22.7 Å². The largest absolute Gasteiger partial charge is 0.399 e. The van der Waals surface area contributed by atoms with Crippen molar-refractivity contribution < 1.29 is 9.59 Å². The van der Waals surface area contributed by atoms with Crippen molar-refractivity contribution in [2.24, 2.45) is 0 Å². The Morgan fingerprint density at radius 1 is 0.625 bits per heavy atom. The molecule has 3 aromatic carbocycles. The van der Waals surface area contributed by atoms with Gasteiger partial charge in [0.2, 0.25) is 0 Å². The number of carbonyl (C=O) groups is 2. The Labute approximate surface area is 195 Å². The lowest BCUT2D eigenvalue weighted by Gasteiger charge is -2.12. The fraction of sp³-hybridized carbons (Fsp3) is 0. The quantitative estimate of drug-likeness (QED) is 0.256. The van der Waals surface area contributed by atoms with Crippen LogP contribution in [0.5, 0.6) is 0 Å². The predicted molar refractivity (Wildman–Crippen MR) is 136 cm³/mol. The molecule has 0 radical (unpaired) electrons. The average molecular weight is 465 g/mol. The number of hydrogen-bond donors (Lipinski definition) is 6. The number of nitrogen functional groups attached to an aromatic ring is 2. The molecule has 0 unspecified atom stereocenters. The summed E-state index contributed by atoms with van der Waals surface area (Å²) in [5, 5.41) is 11.1. The Hall–Kier alpha value is -4.02. The normalized spacial score (nSPS) is 10.0. The molecular weight excluding hydrogens is 444 g/mol. The molecule has 0 heterocycles. The molecule has 10 heteroatoms. The Balaban J connectivity index is 1.59. The van der Waals surface area contributed by atoms with E-state index < -0.39 is 11.8 Å². The van der Waals surface area contributed by atoms with Crippen LogP contribution in [0.2, 0.25) is 0 Å². The summed E-state index contributed by atoms with van der Waals surface area (Å²) in [5.41, 5.74) is 14.4. The Bertz CT molecular complexity index is 1110. The molecule has 2 amide bonds. The van der Waals surface area contributed by atoms with Crippen molar-refractivity contribution in [1.82, 2.24) is 10.6 Å². The van der Waals surface area contributed by atoms with Gasteiger partial charge in [0.1, 0.15) is 0 Å². The van der Waals surface area contributed by atoms with E-state index in [0.29, 0.717) is 22.7 Å². The second-order valence-electron chi connectivity index (χ2n) is 6.65. The number of benzene rings is 3. The summed E-state index contributed by atoms with van der Waals surface area (Å²) < 4.78 is 0. The SMILES string of the molecule is Nc1cccc(NC(=S)NC(=O)c2cccc(C(=O)NC(=S)Nc3cccc(N)c3)c2)c1. The van der Waals surface area contributed by atoms with E-state index in [1.54, 1.807) is 66.7 Å². The van der Waals surface area contributed by atoms with Gasteiger partial charge in [-0.1, -0.05) is 18.2 Å². The van der Waals surface area contributed by atoms with Crippen molar-refractivity contribution in [2.75, 3.05) is 22.1 Å². The molecule has 8 nitrogen and oxygen atoms in total. The first-order chi connectivity index (χ1) is 15.3. The summed E-state index contributed by atoms with van der Waals surface area (Å²) in [4.78, 5) is 25.1. The molecule has 0 aliphatic heterocycles. The molecule has 0 saturated heterocycles. The molecule has 0 saturated carbocycles. The molecular formula is C22H20N6O2S2. The first-order valence-corrected chi connectivity index (χ1v) is 10.2. The number of amides is 2. The molecule has 3 rings (SSSR count). The minimum atomic E-state index is -0.471. The lowest BCUT2D eigenvalue weighted by Crippen LogP contribution is -2.35. The average Bonchev–Trinajstić information content (AvgIpc) is 2.73. The van der Waals surface area contributed by atoms with Gasteiger partial charge in [-0.25, -0.2) is 0 Å². The number of rotatable bonds is 4. The summed E-state index contributed by atoms with van der Waals surface area (Å²) in [5.74, 6) is -0.942. The minimum Gasteiger partial charge on any atom is -0.399 e. The standard InChI is InChI=1S/C22H20N6O2S2/c23-15-6-2-8-17(11-15)25-21(31)27-19(29)13-4-1-5-14(10-13)20(30)28-22(32)26-18-9-3-7-16(24)12-18/h1-12H,23-24H2,(H2,25,27,29,31)(H2,26,28,30,32). The van der Waals surface area contributed by atoms with E-state index in [1.807, 2.05) is 0 Å². The van der Waals surface area contributed by atoms with Crippen LogP contribution in [0.3, 0.4) is 0 Å². The minimum absolute atomic E-state index is 0.1000. The van der Waals surface area contributed by atoms with Crippen LogP contribution in [0.25, 0.3) is 0 Å². The highest BCUT2D eigenvalue weighted by Crippen LogP contribution is 2.13. The number of thiocarbonyl (C=S) groups is 2. The molecule has 3 aromatic rings. The van der Waals surface area contributed by atoms with Crippen LogP contribution >= 0.6 is 24.4 Å². The van der Waals surface area contributed by atoms with Gasteiger partial charge in [-0.15, -0.1) is 0 Å². The number of nitrogens with one attached hydrogen (secondary N) is 4. The van der Waals surface area contributed by atoms with E-state index in [4.69, 9.17) is 35.9 Å². The maximum Gasteiger partial charge on any atom is 0.257 e. The number of nitrogens with two attached hydrogens (primary N) is 2. The van der Waals surface area contributed by atoms with Crippen LogP contribution in [0.1, 0.15) is 20.7 Å². The molecule has 0 bridgehead atoms. The number of carbonyl (C=O) groups excluding carboxylic acids is 2. The van der Waals surface area contributed by atoms with Gasteiger partial charge in [0.15, 0.2) is 10.2 Å². The van der Waals surface area contributed by atoms with Crippen molar-refractivity contribution in [3.8, 4) is 0 Å². The first-order valence-electron chi connectivity index (χ1n) is 9.36. The number of hydrogen-bond acceptors (Lipinski definition) is 6. The van der Waals surface area contributed by atoms with E-state index in [1.165, 1.54) is 6.07 Å². The summed E-state index contributed by atoms with van der Waals surface area (Å²) in [6, 6.07) is 20.1. The maximum absolute atomic E-state index is 12.5. The van der Waals surface area contributed by atoms with Gasteiger partial charge >= 0.3 is 0 Å². The van der Waals surface area contributed by atoms with Crippen LogP contribution in [-0.2, 0) is 0 Å². The van der Waals surface area contributed by atoms with Gasteiger partial charge in [-0.3, -0.25) is 20.2 Å². The fourth-order valence-electron chi connectivity index (χ4n) is 2.71. The van der Waals surface area contributed by atoms with Gasteiger partial charge in [-0.2, -0.15) is 0 Å². The molecule has 0 fully saturated rings. The van der Waals surface area contributed by atoms with E-state index in [-0.39, 0.29) is 21.4 Å². The fourth-order valence-corrected chi connectivity index (χ4v) is 3.13. The van der Waals surface area contributed by atoms with E-state index >= 15 is 0 Å². The maximum atomic E-state index is 12.5. The predicted octanol–water partition coefficient (Wildman–Crippen LogP) is 3.10. The van der Waals surface area contributed by atoms with Gasteiger partial charge in [0.25, 0.3) is 11.8 Å². The molecule has 0 spiro atoms. The van der Waals surface area contributed by atoms with Gasteiger partial charge in [0.05, 0.1) is 0 Å². The second-order valence-corrected chi connectivity index (χ2v) is 7.46. The summed E-state index contributed by atoms with van der Waals surface area (Å²) in [6.07, 6.45) is 0. The molecule has 8 N–H and O–H groups in total. The lowest BCUT2D eigenvalue weighted by molar-refractivity contribution is 0.0976. The monoisotopic (exact) mass is 464 g/mol. The third-order valence-electron chi connectivity index (χ3n) is 4.13. The molecule has 0 atom stereocenters. The number of anilines is 4. The third kappa shape index (κ3) is 6.49.